The van der Waals surface area contributed by atoms with Crippen molar-refractivity contribution in [2.75, 3.05) is 13.1 Å². The number of carbonyl (C=O) groups excluding carboxylic acids is 4. The second kappa shape index (κ2) is 38.0. The molecule has 5 saturated heterocycles. The first-order valence-corrected chi connectivity index (χ1v) is 72.2. The molecule has 9 heterocycles. The quantitative estimate of drug-likeness (QED) is 0.0614. The summed E-state index contributed by atoms with van der Waals surface area (Å²) in [5.74, 6) is -5.39. The average molecular weight is 2620 g/mol. The molecule has 9 aliphatic heterocycles. The van der Waals surface area contributed by atoms with E-state index in [1.54, 1.807) is 48.8 Å². The van der Waals surface area contributed by atoms with Crippen molar-refractivity contribution in [2.45, 2.75) is 295 Å². The maximum atomic E-state index is 16.5. The van der Waals surface area contributed by atoms with Crippen molar-refractivity contribution in [3.8, 4) is 33.4 Å². The Morgan fingerprint density at radius 2 is 0.826 bits per heavy atom. The zero-order valence-corrected chi connectivity index (χ0v) is 94.5. The molecule has 9 fully saturated rings. The van der Waals surface area contributed by atoms with Gasteiger partial charge in [0, 0.05) is 131 Å². The Morgan fingerprint density at radius 1 is 0.477 bits per heavy atom. The molecule has 21 rings (SSSR count). The largest absolute Gasteiger partial charge is 0 e. The number of allylic oxidation sites excluding steroid dienone is 2. The normalized spacial score (nSPS) is 25.0. The molecule has 15 aliphatic rings. The number of rotatable bonds is 8. The predicted octanol–water partition coefficient (Wildman–Crippen LogP) is 24.2. The number of hydrogen-bond acceptors (Lipinski definition) is 14. The topological polar surface area (TPSA) is 186 Å². The maximum Gasteiger partial charge on any atom is 0 e. The summed E-state index contributed by atoms with van der Waals surface area (Å²) in [5, 5.41) is 0. The third-order valence-electron chi connectivity index (χ3n) is 28.6. The van der Waals surface area contributed by atoms with E-state index in [1.807, 2.05) is 145 Å². The molecule has 0 aromatic heterocycles. The minimum Gasteiger partial charge on any atom is 0 e. The molecule has 18 nitrogen and oxygen atoms in total. The predicted molar refractivity (Wildman–Crippen MR) is 549 cm³/mol. The average Bonchev–Trinajstić information content (AvgIpc) is 1.40. The van der Waals surface area contributed by atoms with Crippen molar-refractivity contribution in [3.63, 3.8) is 0 Å². The fourth-order valence-corrected chi connectivity index (χ4v) is 21.9. The SMILES string of the molecule is CC(C)(C)OC(=O)N1CC2(CC2)C[C@H]1C1=NC=C(c2ccc3c(c2)C(F)(F)c2cc(-c4ccc5c(c4)CC([C@@H]4[C@H]6CC[C@H](C6)N4C(=O)OC(C)(C)C)=N5)ccc2-3)C1.CC(C)(C)OC(=O)N1CC2(CC2)C[C@H]1C1=NC=C(c2ccc3c(c2)C(F)(F)c2cc(Br)ccc2-3)C1.CC(C)(C)OC(=O)N1[C@@H]2CC[C@@H](C2)[C@H]1C1=Nc2ccc(B3OC(C)(C)C(C)(C)O3)cc2C1.I[I-]I.[I][V]([I])[I].[V]. The van der Waals surface area contributed by atoms with Gasteiger partial charge in [0.15, 0.2) is 0 Å². The Labute approximate surface area is 861 Å². The van der Waals surface area contributed by atoms with Gasteiger partial charge < -0.3 is 28.3 Å². The third-order valence-corrected chi connectivity index (χ3v) is 29.1. The Morgan fingerprint density at radius 3 is 1.23 bits per heavy atom. The summed E-state index contributed by atoms with van der Waals surface area (Å²) in [4.78, 5) is 79.4. The van der Waals surface area contributed by atoms with E-state index in [9.17, 15) is 19.2 Å². The Kier molecular flexibility index (Phi) is 29.1. The Hall–Kier alpha value is -3.71. The first kappa shape index (κ1) is 101. The van der Waals surface area contributed by atoms with Crippen molar-refractivity contribution in [1.82, 2.24) is 19.6 Å². The smallest absolute Gasteiger partial charge is 0 e. The molecular weight excluding hydrogens is 2500 g/mol. The number of halogens is 11. The van der Waals surface area contributed by atoms with Gasteiger partial charge >= 0.3 is 147 Å². The third kappa shape index (κ3) is 21.0. The summed E-state index contributed by atoms with van der Waals surface area (Å²) in [6.45, 7) is 32.3. The number of aliphatic imine (C=N–C) groups is 4. The summed E-state index contributed by atoms with van der Waals surface area (Å²) < 4.78 is 99.9. The van der Waals surface area contributed by atoms with Gasteiger partial charge in [0.2, 0.25) is 0 Å². The molecule has 32 heteroatoms. The van der Waals surface area contributed by atoms with Crippen LogP contribution in [0.5, 0.6) is 0 Å². The number of benzene rings is 6. The Balaban J connectivity index is 0.000000146. The van der Waals surface area contributed by atoms with E-state index in [-0.39, 0.29) is 136 Å². The number of hydrogen-bond donors (Lipinski definition) is 0. The second-order valence-electron chi connectivity index (χ2n) is 42.9. The summed E-state index contributed by atoms with van der Waals surface area (Å²) in [6.07, 6.45) is 17.4. The number of nitrogens with zero attached hydrogens (tertiary/aromatic N) is 8. The number of alkyl halides is 4. The summed E-state index contributed by atoms with van der Waals surface area (Å²) in [6, 6.07) is 33.5. The van der Waals surface area contributed by atoms with Gasteiger partial charge in [-0.05, 0) is 331 Å². The van der Waals surface area contributed by atoms with Crippen molar-refractivity contribution < 1.29 is 102 Å². The van der Waals surface area contributed by atoms with E-state index in [0.717, 1.165) is 162 Å². The number of likely N-dealkylation sites (tertiary alicyclic amines) is 4. The molecule has 2 spiro atoms. The van der Waals surface area contributed by atoms with Gasteiger partial charge in [-0.1, -0.05) is 76.6 Å². The minimum absolute atomic E-state index is 0. The van der Waals surface area contributed by atoms with E-state index >= 15 is 17.6 Å². The molecule has 0 N–H and O–H groups in total. The van der Waals surface area contributed by atoms with Gasteiger partial charge in [0.25, 0.3) is 11.8 Å². The molecule has 6 aromatic rings. The van der Waals surface area contributed by atoms with Crippen molar-refractivity contribution in [2.24, 2.45) is 42.6 Å². The number of carbonyl (C=O) groups is 4. The van der Waals surface area contributed by atoms with Crippen LogP contribution in [0.2, 0.25) is 0 Å². The molecule has 4 saturated carbocycles. The molecule has 6 aromatic carbocycles. The van der Waals surface area contributed by atoms with Crippen LogP contribution in [0, 0.1) is 22.7 Å². The molecule has 132 heavy (non-hydrogen) atoms. The van der Waals surface area contributed by atoms with Crippen LogP contribution >= 0.6 is 113 Å². The van der Waals surface area contributed by atoms with Gasteiger partial charge in [-0.3, -0.25) is 39.6 Å². The molecule has 8 atom stereocenters. The van der Waals surface area contributed by atoms with Crippen LogP contribution in [0.1, 0.15) is 245 Å². The molecule has 703 valence electrons. The first-order valence-electron chi connectivity index (χ1n) is 45.4. The Bertz CT molecular complexity index is 5800. The number of fused-ring (bicyclic) bond motifs is 12. The summed E-state index contributed by atoms with van der Waals surface area (Å²) in [5.41, 5.74) is 13.5. The van der Waals surface area contributed by atoms with Crippen LogP contribution < -0.4 is 18.7 Å². The van der Waals surface area contributed by atoms with E-state index in [0.29, 0.717) is 84.2 Å². The minimum atomic E-state index is -3.18. The zero-order valence-electron chi connectivity index (χ0n) is 77.2. The first-order chi connectivity index (χ1) is 61.4. The van der Waals surface area contributed by atoms with Crippen LogP contribution in [0.3, 0.4) is 0 Å². The monoisotopic (exact) mass is 2610 g/mol. The van der Waals surface area contributed by atoms with E-state index in [4.69, 9.17) is 48.2 Å². The fraction of sp³-hybridized carbons (Fsp3) is 0.520. The van der Waals surface area contributed by atoms with Crippen LogP contribution in [-0.4, -0.2) is 157 Å². The van der Waals surface area contributed by atoms with Gasteiger partial charge in [0.1, 0.15) is 22.4 Å². The van der Waals surface area contributed by atoms with E-state index in [2.05, 4.69) is 165 Å². The molecule has 0 unspecified atom stereocenters. The van der Waals surface area contributed by atoms with Gasteiger partial charge in [-0.2, -0.15) is 17.6 Å². The van der Waals surface area contributed by atoms with Crippen LogP contribution in [0.4, 0.5) is 48.1 Å². The second-order valence-corrected chi connectivity index (χ2v) is 95.5. The van der Waals surface area contributed by atoms with Crippen molar-refractivity contribution >= 4 is 195 Å². The van der Waals surface area contributed by atoms with E-state index in [1.165, 1.54) is 11.6 Å². The van der Waals surface area contributed by atoms with Crippen molar-refractivity contribution in [1.29, 1.82) is 0 Å². The van der Waals surface area contributed by atoms with Gasteiger partial charge in [-0.25, -0.2) is 19.2 Å². The molecule has 4 amide bonds. The van der Waals surface area contributed by atoms with E-state index < -0.39 is 34.2 Å². The van der Waals surface area contributed by atoms with Crippen LogP contribution in [0.25, 0.3) is 44.5 Å². The van der Waals surface area contributed by atoms with Crippen LogP contribution in [-0.2, 0) is 76.4 Å². The number of piperidine rings is 2. The fourth-order valence-electron chi connectivity index (χ4n) is 21.6. The number of amides is 4. The molecule has 6 aliphatic carbocycles. The molecular formula is C100H112BBrF4I6N8O10V2-. The van der Waals surface area contributed by atoms with Crippen LogP contribution in [0.15, 0.2) is 146 Å². The molecule has 4 bridgehead atoms. The van der Waals surface area contributed by atoms with Crippen molar-refractivity contribution in [3.05, 3.63) is 171 Å². The number of ether oxygens (including phenoxy) is 4. The maximum absolute atomic E-state index is 16.5. The summed E-state index contributed by atoms with van der Waals surface area (Å²) in [7, 11) is -0.380. The molecule has 1 radical (unpaired) electrons. The summed E-state index contributed by atoms with van der Waals surface area (Å²) >= 11 is 16.0. The zero-order chi connectivity index (χ0) is 93.9. The van der Waals surface area contributed by atoms with Gasteiger partial charge in [-0.15, -0.1) is 0 Å². The standard InChI is InChI=1S/C47H50F2N4O4.C28H27BrF2N2O2.C25H35BN2O4.I3.3HI.2V/c1-44(2,3)56-42(54)52-25-46(15-16-46)23-40(52)38-22-31(24-50-38)28-9-13-34-33-12-8-27(19-35(33)47(48,49)36(34)20-28)26-10-14-37-30(17-26)21-39(51-37)41-29-7-11-32(18-29)53(41)43(55)57-45(4,5)6;1-26(2,3)35-25(34)33-15-27(8-9-27)13-24(33)23-11-17(14-32-23)16-4-6-19-20-7-5-18(29)12-22(20)28(30,31)21(19)10-16;1-23(2,3)30-22(29)28-18-10-8-15(13-18)21(28)20-14-16-12-17(9-11-19(16)27-20)26-31-24(4,5)25(6,7)32-26;1-3-2;;;;;/h8-10,12-14,17,19-20,24,29,32,40-41H,7,11,15-16,18,21-23,25H2,1-6H3;4-7,10,12,14,24H,8-9,11,13,15H2,1-3H3;9,11-12,15,18,21H,8,10,13-14H2,1-7H3;;3*1H;;/q;;;-1;;;;;+3/p-3/t29-,32+,40-,41-;24-;15-,18+,21-;;;;;;/m000....../s1. The van der Waals surface area contributed by atoms with Gasteiger partial charge in [0.05, 0.1) is 46.7 Å².